The van der Waals surface area contributed by atoms with Gasteiger partial charge in [-0.25, -0.2) is 0 Å². The van der Waals surface area contributed by atoms with E-state index in [0.717, 1.165) is 19.6 Å². The highest BCUT2D eigenvalue weighted by Gasteiger charge is 2.26. The summed E-state index contributed by atoms with van der Waals surface area (Å²) in [5.74, 6) is 5.21. The Balaban J connectivity index is 2.32. The Hall–Kier alpha value is -0.120. The van der Waals surface area contributed by atoms with Gasteiger partial charge >= 0.3 is 0 Å². The van der Waals surface area contributed by atoms with Crippen molar-refractivity contribution < 1.29 is 4.74 Å². The Morgan fingerprint density at radius 3 is 2.90 bits per heavy atom. The first-order valence-corrected chi connectivity index (χ1v) is 3.84. The third kappa shape index (κ3) is 1.94. The molecule has 0 aromatic rings. The third-order valence-corrected chi connectivity index (χ3v) is 2.03. The molecule has 0 amide bonds. The second-order valence-electron chi connectivity index (χ2n) is 3.14. The van der Waals surface area contributed by atoms with Crippen LogP contribution in [0.5, 0.6) is 0 Å². The van der Waals surface area contributed by atoms with E-state index >= 15 is 0 Å². The van der Waals surface area contributed by atoms with Crippen molar-refractivity contribution in [2.45, 2.75) is 31.8 Å². The molecule has 3 heteroatoms. The summed E-state index contributed by atoms with van der Waals surface area (Å²) in [6, 6.07) is 0. The van der Waals surface area contributed by atoms with Crippen LogP contribution in [0.15, 0.2) is 0 Å². The van der Waals surface area contributed by atoms with E-state index in [0.29, 0.717) is 0 Å². The first-order chi connectivity index (χ1) is 4.77. The van der Waals surface area contributed by atoms with E-state index in [2.05, 4.69) is 12.3 Å². The van der Waals surface area contributed by atoms with Crippen molar-refractivity contribution in [2.24, 2.45) is 5.84 Å². The average Bonchev–Trinajstić information content (AvgIpc) is 1.89. The van der Waals surface area contributed by atoms with E-state index in [1.807, 2.05) is 0 Å². The second kappa shape index (κ2) is 3.32. The number of hydrazine groups is 1. The molecule has 3 nitrogen and oxygen atoms in total. The van der Waals surface area contributed by atoms with Crippen LogP contribution < -0.4 is 11.3 Å². The summed E-state index contributed by atoms with van der Waals surface area (Å²) in [5.41, 5.74) is 2.65. The third-order valence-electron chi connectivity index (χ3n) is 2.03. The molecule has 3 N–H and O–H groups in total. The summed E-state index contributed by atoms with van der Waals surface area (Å²) in [6.45, 7) is 3.75. The van der Waals surface area contributed by atoms with E-state index in [1.54, 1.807) is 0 Å². The molecule has 0 aromatic carbocycles. The molecule has 0 aliphatic carbocycles. The standard InChI is InChI=1S/C7H16N2O/c1-7(6-9-8)4-2-3-5-10-7/h9H,2-6,8H2,1H3. The van der Waals surface area contributed by atoms with Crippen molar-refractivity contribution in [1.82, 2.24) is 5.43 Å². The molecule has 0 spiro atoms. The van der Waals surface area contributed by atoms with Crippen molar-refractivity contribution in [3.8, 4) is 0 Å². The Labute approximate surface area is 61.9 Å². The first-order valence-electron chi connectivity index (χ1n) is 3.84. The Morgan fingerprint density at radius 2 is 2.40 bits per heavy atom. The number of rotatable bonds is 2. The summed E-state index contributed by atoms with van der Waals surface area (Å²) in [5, 5.41) is 0. The number of hydrogen-bond donors (Lipinski definition) is 2. The fourth-order valence-corrected chi connectivity index (χ4v) is 1.35. The SMILES string of the molecule is CC1(CNN)CCCCO1. The highest BCUT2D eigenvalue weighted by Crippen LogP contribution is 2.22. The lowest BCUT2D eigenvalue weighted by atomic mass is 9.96. The van der Waals surface area contributed by atoms with Gasteiger partial charge in [-0.1, -0.05) is 0 Å². The molecule has 10 heavy (non-hydrogen) atoms. The predicted octanol–water partition coefficient (Wildman–Crippen LogP) is 0.409. The van der Waals surface area contributed by atoms with Crippen molar-refractivity contribution in [3.63, 3.8) is 0 Å². The van der Waals surface area contributed by atoms with Gasteiger partial charge in [0.1, 0.15) is 0 Å². The molecule has 1 fully saturated rings. The molecule has 0 bridgehead atoms. The van der Waals surface area contributed by atoms with Crippen molar-refractivity contribution >= 4 is 0 Å². The zero-order chi connectivity index (χ0) is 7.45. The second-order valence-corrected chi connectivity index (χ2v) is 3.14. The Morgan fingerprint density at radius 1 is 1.60 bits per heavy atom. The van der Waals surface area contributed by atoms with Gasteiger partial charge in [0.25, 0.3) is 0 Å². The summed E-state index contributed by atoms with van der Waals surface area (Å²) in [4.78, 5) is 0. The predicted molar refractivity (Wildman–Crippen MR) is 40.4 cm³/mol. The lowest BCUT2D eigenvalue weighted by Gasteiger charge is -2.33. The zero-order valence-electron chi connectivity index (χ0n) is 6.52. The maximum atomic E-state index is 5.56. The highest BCUT2D eigenvalue weighted by atomic mass is 16.5. The molecule has 1 unspecified atom stereocenters. The summed E-state index contributed by atoms with van der Waals surface area (Å²) >= 11 is 0. The average molecular weight is 144 g/mol. The molecule has 0 aromatic heterocycles. The molecule has 1 aliphatic heterocycles. The summed E-state index contributed by atoms with van der Waals surface area (Å²) in [6.07, 6.45) is 3.58. The first kappa shape index (κ1) is 7.98. The largest absolute Gasteiger partial charge is 0.374 e. The van der Waals surface area contributed by atoms with Crippen molar-refractivity contribution in [1.29, 1.82) is 0 Å². The summed E-state index contributed by atoms with van der Waals surface area (Å²) < 4.78 is 5.56. The van der Waals surface area contributed by atoms with E-state index in [4.69, 9.17) is 10.6 Å². The van der Waals surface area contributed by atoms with Gasteiger partial charge in [-0.3, -0.25) is 11.3 Å². The monoisotopic (exact) mass is 144 g/mol. The van der Waals surface area contributed by atoms with Crippen molar-refractivity contribution in [2.75, 3.05) is 13.2 Å². The molecule has 1 rings (SSSR count). The maximum Gasteiger partial charge on any atom is 0.0792 e. The molecular formula is C7H16N2O. The highest BCUT2D eigenvalue weighted by molar-refractivity contribution is 4.79. The Bertz CT molecular complexity index is 94.3. The van der Waals surface area contributed by atoms with Crippen LogP contribution in [0.2, 0.25) is 0 Å². The van der Waals surface area contributed by atoms with Crippen LogP contribution in [0.3, 0.4) is 0 Å². The van der Waals surface area contributed by atoms with Gasteiger partial charge in [-0.2, -0.15) is 0 Å². The molecule has 1 saturated heterocycles. The number of ether oxygens (including phenoxy) is 1. The zero-order valence-corrected chi connectivity index (χ0v) is 6.52. The van der Waals surface area contributed by atoms with Gasteiger partial charge in [-0.05, 0) is 26.2 Å². The van der Waals surface area contributed by atoms with Crippen LogP contribution in [0.25, 0.3) is 0 Å². The van der Waals surface area contributed by atoms with Gasteiger partial charge in [0, 0.05) is 13.2 Å². The molecule has 1 aliphatic rings. The number of hydrogen-bond acceptors (Lipinski definition) is 3. The van der Waals surface area contributed by atoms with Crippen LogP contribution in [0.4, 0.5) is 0 Å². The topological polar surface area (TPSA) is 47.3 Å². The van der Waals surface area contributed by atoms with Crippen LogP contribution in [0, 0.1) is 0 Å². The van der Waals surface area contributed by atoms with Crippen LogP contribution in [0.1, 0.15) is 26.2 Å². The van der Waals surface area contributed by atoms with E-state index in [1.165, 1.54) is 12.8 Å². The van der Waals surface area contributed by atoms with Crippen LogP contribution in [-0.2, 0) is 4.74 Å². The minimum absolute atomic E-state index is 0.00694. The van der Waals surface area contributed by atoms with Crippen LogP contribution in [-0.4, -0.2) is 18.8 Å². The van der Waals surface area contributed by atoms with Gasteiger partial charge in [-0.15, -0.1) is 0 Å². The van der Waals surface area contributed by atoms with Gasteiger partial charge < -0.3 is 4.74 Å². The minimum atomic E-state index is -0.00694. The molecule has 0 radical (unpaired) electrons. The molecule has 1 heterocycles. The van der Waals surface area contributed by atoms with Gasteiger partial charge in [0.05, 0.1) is 5.60 Å². The fourth-order valence-electron chi connectivity index (χ4n) is 1.35. The fraction of sp³-hybridized carbons (Fsp3) is 1.00. The van der Waals surface area contributed by atoms with E-state index in [-0.39, 0.29) is 5.60 Å². The van der Waals surface area contributed by atoms with Gasteiger partial charge in [0.15, 0.2) is 0 Å². The smallest absolute Gasteiger partial charge is 0.0792 e. The summed E-state index contributed by atoms with van der Waals surface area (Å²) in [7, 11) is 0. The number of nitrogens with one attached hydrogen (secondary N) is 1. The van der Waals surface area contributed by atoms with E-state index < -0.39 is 0 Å². The number of nitrogens with two attached hydrogens (primary N) is 1. The molecule has 0 saturated carbocycles. The molecule has 60 valence electrons. The van der Waals surface area contributed by atoms with Crippen molar-refractivity contribution in [3.05, 3.63) is 0 Å². The molecular weight excluding hydrogens is 128 g/mol. The van der Waals surface area contributed by atoms with Crippen LogP contribution >= 0.6 is 0 Å². The Kier molecular flexibility index (Phi) is 2.65. The molecule has 1 atom stereocenters. The van der Waals surface area contributed by atoms with Gasteiger partial charge in [0.2, 0.25) is 0 Å². The normalized spacial score (nSPS) is 34.2. The quantitative estimate of drug-likeness (QED) is 0.436. The minimum Gasteiger partial charge on any atom is -0.374 e. The lowest BCUT2D eigenvalue weighted by molar-refractivity contribution is -0.0630. The lowest BCUT2D eigenvalue weighted by Crippen LogP contribution is -2.45. The van der Waals surface area contributed by atoms with E-state index in [9.17, 15) is 0 Å². The maximum absolute atomic E-state index is 5.56.